The van der Waals surface area contributed by atoms with Crippen molar-refractivity contribution in [3.05, 3.63) is 54.4 Å². The molecule has 1 aromatic carbocycles. The van der Waals surface area contributed by atoms with Crippen molar-refractivity contribution in [3.8, 4) is 40.4 Å². The maximum absolute atomic E-state index is 9.79. The van der Waals surface area contributed by atoms with E-state index in [9.17, 15) is 5.26 Å². The number of anilines is 2. The highest BCUT2D eigenvalue weighted by molar-refractivity contribution is 5.76. The molecule has 32 heavy (non-hydrogen) atoms. The van der Waals surface area contributed by atoms with Crippen molar-refractivity contribution >= 4 is 11.6 Å². The number of hydrogen-bond acceptors (Lipinski definition) is 10. The van der Waals surface area contributed by atoms with E-state index in [4.69, 9.17) is 10.2 Å². The van der Waals surface area contributed by atoms with E-state index in [0.29, 0.717) is 35.1 Å². The first-order valence-electron chi connectivity index (χ1n) is 9.86. The van der Waals surface area contributed by atoms with Crippen molar-refractivity contribution in [1.82, 2.24) is 30.0 Å². The van der Waals surface area contributed by atoms with Crippen LogP contribution in [0, 0.1) is 11.3 Å². The molecule has 0 fully saturated rings. The van der Waals surface area contributed by atoms with E-state index in [1.807, 2.05) is 49.3 Å². The minimum Gasteiger partial charge on any atom is -0.414 e. The Balaban J connectivity index is 1.69. The molecule has 0 unspecified atom stereocenters. The van der Waals surface area contributed by atoms with E-state index in [-0.39, 0.29) is 17.4 Å². The largest absolute Gasteiger partial charge is 0.414 e. The highest BCUT2D eigenvalue weighted by atomic mass is 16.4. The van der Waals surface area contributed by atoms with E-state index in [2.05, 4.69) is 36.5 Å². The van der Waals surface area contributed by atoms with Gasteiger partial charge in [-0.05, 0) is 32.3 Å². The highest BCUT2D eigenvalue weighted by Crippen LogP contribution is 2.30. The molecule has 0 aliphatic rings. The maximum Gasteiger partial charge on any atom is 0.270 e. The van der Waals surface area contributed by atoms with Gasteiger partial charge in [-0.15, -0.1) is 10.2 Å². The minimum atomic E-state index is 0.146. The average Bonchev–Trinajstić information content (AvgIpc) is 3.30. The molecular formula is C22H21N9O. The van der Waals surface area contributed by atoms with Gasteiger partial charge in [-0.1, -0.05) is 18.2 Å². The molecule has 0 aliphatic carbocycles. The van der Waals surface area contributed by atoms with Gasteiger partial charge < -0.3 is 20.4 Å². The van der Waals surface area contributed by atoms with Crippen LogP contribution >= 0.6 is 0 Å². The second kappa shape index (κ2) is 9.20. The van der Waals surface area contributed by atoms with E-state index < -0.39 is 0 Å². The summed E-state index contributed by atoms with van der Waals surface area (Å²) in [6.45, 7) is 1.44. The minimum absolute atomic E-state index is 0.146. The summed E-state index contributed by atoms with van der Waals surface area (Å²) in [4.78, 5) is 15.2. The molecule has 3 heterocycles. The van der Waals surface area contributed by atoms with Crippen molar-refractivity contribution in [2.45, 2.75) is 0 Å². The lowest BCUT2D eigenvalue weighted by molar-refractivity contribution is 0.425. The third kappa shape index (κ3) is 4.38. The molecule has 0 amide bonds. The summed E-state index contributed by atoms with van der Waals surface area (Å²) < 4.78 is 5.78. The van der Waals surface area contributed by atoms with E-state index >= 15 is 0 Å². The average molecular weight is 427 g/mol. The van der Waals surface area contributed by atoms with Gasteiger partial charge in [-0.3, -0.25) is 0 Å². The molecule has 3 aromatic heterocycles. The summed E-state index contributed by atoms with van der Waals surface area (Å²) in [7, 11) is 3.95. The first-order valence-corrected chi connectivity index (χ1v) is 9.86. The second-order valence-electron chi connectivity index (χ2n) is 7.19. The molecule has 0 saturated carbocycles. The van der Waals surface area contributed by atoms with Gasteiger partial charge in [0.2, 0.25) is 5.89 Å². The first kappa shape index (κ1) is 20.9. The topological polar surface area (TPSA) is 143 Å². The van der Waals surface area contributed by atoms with Gasteiger partial charge in [-0.2, -0.15) is 5.26 Å². The Morgan fingerprint density at radius 2 is 1.88 bits per heavy atom. The molecule has 0 atom stereocenters. The Bertz CT molecular complexity index is 1260. The lowest BCUT2D eigenvalue weighted by atomic mass is 10.1. The predicted molar refractivity (Wildman–Crippen MR) is 120 cm³/mol. The monoisotopic (exact) mass is 427 g/mol. The second-order valence-corrected chi connectivity index (χ2v) is 7.19. The molecule has 160 valence electrons. The highest BCUT2D eigenvalue weighted by Gasteiger charge is 2.19. The zero-order chi connectivity index (χ0) is 22.5. The Morgan fingerprint density at radius 1 is 1.09 bits per heavy atom. The van der Waals surface area contributed by atoms with E-state index in [0.717, 1.165) is 12.1 Å². The molecule has 4 rings (SSSR count). The fraction of sp³-hybridized carbons (Fsp3) is 0.182. The van der Waals surface area contributed by atoms with Crippen molar-refractivity contribution < 1.29 is 4.42 Å². The fourth-order valence-corrected chi connectivity index (χ4v) is 3.02. The van der Waals surface area contributed by atoms with Gasteiger partial charge >= 0.3 is 0 Å². The molecular weight excluding hydrogens is 406 g/mol. The Labute approximate surface area is 184 Å². The van der Waals surface area contributed by atoms with Crippen molar-refractivity contribution in [3.63, 3.8) is 0 Å². The summed E-state index contributed by atoms with van der Waals surface area (Å²) in [6, 6.07) is 13.3. The van der Waals surface area contributed by atoms with Crippen LogP contribution < -0.4 is 11.1 Å². The summed E-state index contributed by atoms with van der Waals surface area (Å²) in [5.74, 6) is 1.12. The zero-order valence-corrected chi connectivity index (χ0v) is 17.6. The van der Waals surface area contributed by atoms with Crippen LogP contribution in [-0.4, -0.2) is 57.2 Å². The Kier molecular flexibility index (Phi) is 6.00. The zero-order valence-electron chi connectivity index (χ0n) is 17.6. The smallest absolute Gasteiger partial charge is 0.270 e. The third-order valence-corrected chi connectivity index (χ3v) is 4.64. The van der Waals surface area contributed by atoms with Gasteiger partial charge in [0.15, 0.2) is 11.5 Å². The van der Waals surface area contributed by atoms with Crippen LogP contribution in [0.25, 0.3) is 34.3 Å². The Morgan fingerprint density at radius 3 is 2.62 bits per heavy atom. The molecule has 0 bridgehead atoms. The van der Waals surface area contributed by atoms with E-state index in [1.165, 1.54) is 6.20 Å². The number of hydrogen-bond donors (Lipinski definition) is 2. The number of nitrogen functional groups attached to an aromatic ring is 1. The summed E-state index contributed by atoms with van der Waals surface area (Å²) in [5, 5.41) is 21.1. The van der Waals surface area contributed by atoms with Gasteiger partial charge in [0, 0.05) is 30.4 Å². The van der Waals surface area contributed by atoms with Crippen LogP contribution in [-0.2, 0) is 0 Å². The Hall–Kier alpha value is -4.36. The number of rotatable bonds is 7. The molecule has 3 N–H and O–H groups in total. The van der Waals surface area contributed by atoms with E-state index in [1.54, 1.807) is 12.3 Å². The standard InChI is InChI=1S/C22H21N9O/c1-31(2)11-10-26-20-16(12-23)15(8-9-25-20)17-13-27-19(24)18(28-17)22-30-29-21(32-22)14-6-4-3-5-7-14/h3-9,13H,10-11H2,1-2H3,(H2,24,27)(H,25,26). The fourth-order valence-electron chi connectivity index (χ4n) is 3.02. The molecule has 0 aliphatic heterocycles. The quantitative estimate of drug-likeness (QED) is 0.452. The van der Waals surface area contributed by atoms with Gasteiger partial charge in [-0.25, -0.2) is 15.0 Å². The van der Waals surface area contributed by atoms with Crippen LogP contribution in [0.4, 0.5) is 11.6 Å². The number of pyridine rings is 1. The first-order chi connectivity index (χ1) is 15.6. The maximum atomic E-state index is 9.79. The molecule has 4 aromatic rings. The lowest BCUT2D eigenvalue weighted by Gasteiger charge is -2.13. The summed E-state index contributed by atoms with van der Waals surface area (Å²) >= 11 is 0. The number of likely N-dealkylation sites (N-methyl/N-ethyl adjacent to an activating group) is 1. The summed E-state index contributed by atoms with van der Waals surface area (Å²) in [6.07, 6.45) is 3.12. The van der Waals surface area contributed by atoms with Crippen LogP contribution in [0.2, 0.25) is 0 Å². The normalized spacial score (nSPS) is 10.8. The number of nitrogens with two attached hydrogens (primary N) is 1. The molecule has 0 spiro atoms. The van der Waals surface area contributed by atoms with Crippen LogP contribution in [0.1, 0.15) is 5.56 Å². The molecule has 0 saturated heterocycles. The lowest BCUT2D eigenvalue weighted by Crippen LogP contribution is -2.21. The van der Waals surface area contributed by atoms with Crippen molar-refractivity contribution in [2.75, 3.05) is 38.2 Å². The number of benzene rings is 1. The molecule has 10 heteroatoms. The third-order valence-electron chi connectivity index (χ3n) is 4.64. The molecule has 0 radical (unpaired) electrons. The number of aromatic nitrogens is 5. The van der Waals surface area contributed by atoms with Crippen LogP contribution in [0.5, 0.6) is 0 Å². The SMILES string of the molecule is CN(C)CCNc1nccc(-c2cnc(N)c(-c3nnc(-c4ccccc4)o3)n2)c1C#N. The number of nitrogens with zero attached hydrogens (tertiary/aromatic N) is 7. The summed E-state index contributed by atoms with van der Waals surface area (Å²) in [5.41, 5.74) is 8.47. The van der Waals surface area contributed by atoms with Gasteiger partial charge in [0.25, 0.3) is 5.89 Å². The molecule has 10 nitrogen and oxygen atoms in total. The van der Waals surface area contributed by atoms with Gasteiger partial charge in [0.1, 0.15) is 17.5 Å². The predicted octanol–water partition coefficient (Wildman–Crippen LogP) is 2.68. The van der Waals surface area contributed by atoms with Crippen LogP contribution in [0.15, 0.2) is 53.2 Å². The number of nitriles is 1. The van der Waals surface area contributed by atoms with Crippen molar-refractivity contribution in [1.29, 1.82) is 5.26 Å². The van der Waals surface area contributed by atoms with Crippen LogP contribution in [0.3, 0.4) is 0 Å². The van der Waals surface area contributed by atoms with Crippen molar-refractivity contribution in [2.24, 2.45) is 0 Å². The number of nitrogens with one attached hydrogen (secondary N) is 1. The van der Waals surface area contributed by atoms with Gasteiger partial charge in [0.05, 0.1) is 11.9 Å².